The van der Waals surface area contributed by atoms with Crippen LogP contribution >= 0.6 is 0 Å². The van der Waals surface area contributed by atoms with Crippen LogP contribution in [0.5, 0.6) is 0 Å². The summed E-state index contributed by atoms with van der Waals surface area (Å²) < 4.78 is 9.83. The van der Waals surface area contributed by atoms with Crippen LogP contribution in [-0.4, -0.2) is 30.9 Å². The molecule has 176 valence electrons. The standard InChI is InChI=1S/C25H46O5/c1-23(26)29-21-17-13-9-5-3-7-11-15-19-25(28)20-16-12-8-4-6-10-14-18-22-30-24(2)27/h3-22H2,1-2H3. The van der Waals surface area contributed by atoms with Crippen molar-refractivity contribution in [1.29, 1.82) is 0 Å². The van der Waals surface area contributed by atoms with Gasteiger partial charge in [-0.05, 0) is 25.7 Å². The van der Waals surface area contributed by atoms with E-state index in [2.05, 4.69) is 0 Å². The van der Waals surface area contributed by atoms with E-state index in [9.17, 15) is 14.4 Å². The third kappa shape index (κ3) is 24.6. The number of ketones is 1. The molecule has 0 spiro atoms. The van der Waals surface area contributed by atoms with E-state index in [1.807, 2.05) is 0 Å². The summed E-state index contributed by atoms with van der Waals surface area (Å²) in [6.45, 7) is 4.01. The Morgan fingerprint density at radius 1 is 0.433 bits per heavy atom. The largest absolute Gasteiger partial charge is 0.466 e. The van der Waals surface area contributed by atoms with Gasteiger partial charge < -0.3 is 9.47 Å². The lowest BCUT2D eigenvalue weighted by atomic mass is 10.0. The van der Waals surface area contributed by atoms with Gasteiger partial charge in [-0.15, -0.1) is 0 Å². The fourth-order valence-electron chi connectivity index (χ4n) is 3.53. The second-order valence-electron chi connectivity index (χ2n) is 8.38. The van der Waals surface area contributed by atoms with Crippen LogP contribution in [0.2, 0.25) is 0 Å². The number of carbonyl (C=O) groups is 3. The third-order valence-corrected chi connectivity index (χ3v) is 5.31. The fourth-order valence-corrected chi connectivity index (χ4v) is 3.53. The summed E-state index contributed by atoms with van der Waals surface area (Å²) in [5.41, 5.74) is 0. The summed E-state index contributed by atoms with van der Waals surface area (Å²) in [4.78, 5) is 33.2. The zero-order valence-corrected chi connectivity index (χ0v) is 19.7. The Labute approximate surface area is 184 Å². The fraction of sp³-hybridized carbons (Fsp3) is 0.880. The van der Waals surface area contributed by atoms with E-state index < -0.39 is 0 Å². The monoisotopic (exact) mass is 426 g/mol. The van der Waals surface area contributed by atoms with E-state index in [4.69, 9.17) is 9.47 Å². The molecule has 0 aromatic rings. The molecule has 0 saturated heterocycles. The molecular formula is C25H46O5. The van der Waals surface area contributed by atoms with Crippen LogP contribution in [-0.2, 0) is 23.9 Å². The van der Waals surface area contributed by atoms with Crippen LogP contribution in [0, 0.1) is 0 Å². The lowest BCUT2D eigenvalue weighted by molar-refractivity contribution is -0.142. The number of rotatable bonds is 22. The maximum Gasteiger partial charge on any atom is 0.302 e. The van der Waals surface area contributed by atoms with Gasteiger partial charge in [-0.2, -0.15) is 0 Å². The first-order valence-electron chi connectivity index (χ1n) is 12.3. The van der Waals surface area contributed by atoms with E-state index >= 15 is 0 Å². The van der Waals surface area contributed by atoms with Crippen molar-refractivity contribution in [3.8, 4) is 0 Å². The Kier molecular flexibility index (Phi) is 21.3. The molecule has 0 aliphatic heterocycles. The molecule has 0 saturated carbocycles. The van der Waals surface area contributed by atoms with Gasteiger partial charge in [0, 0.05) is 26.7 Å². The first-order valence-corrected chi connectivity index (χ1v) is 12.3. The minimum atomic E-state index is -0.189. The second kappa shape index (κ2) is 22.3. The van der Waals surface area contributed by atoms with Crippen molar-refractivity contribution in [3.63, 3.8) is 0 Å². The minimum Gasteiger partial charge on any atom is -0.466 e. The van der Waals surface area contributed by atoms with Gasteiger partial charge in [0.05, 0.1) is 13.2 Å². The van der Waals surface area contributed by atoms with Gasteiger partial charge in [-0.25, -0.2) is 0 Å². The van der Waals surface area contributed by atoms with Crippen molar-refractivity contribution in [1.82, 2.24) is 0 Å². The van der Waals surface area contributed by atoms with E-state index in [0.717, 1.165) is 64.2 Å². The molecule has 0 bridgehead atoms. The van der Waals surface area contributed by atoms with Crippen LogP contribution in [0.3, 0.4) is 0 Å². The Hall–Kier alpha value is -1.39. The lowest BCUT2D eigenvalue weighted by Gasteiger charge is -2.04. The Morgan fingerprint density at radius 2 is 0.700 bits per heavy atom. The van der Waals surface area contributed by atoms with Gasteiger partial charge in [0.2, 0.25) is 0 Å². The third-order valence-electron chi connectivity index (χ3n) is 5.31. The molecular weight excluding hydrogens is 380 g/mol. The second-order valence-corrected chi connectivity index (χ2v) is 8.38. The molecule has 0 unspecified atom stereocenters. The highest BCUT2D eigenvalue weighted by molar-refractivity contribution is 5.78. The summed E-state index contributed by atoms with van der Waals surface area (Å²) >= 11 is 0. The van der Waals surface area contributed by atoms with Crippen LogP contribution < -0.4 is 0 Å². The van der Waals surface area contributed by atoms with Crippen LogP contribution in [0.1, 0.15) is 129 Å². The molecule has 0 aliphatic carbocycles. The van der Waals surface area contributed by atoms with E-state index in [1.54, 1.807) is 0 Å². The molecule has 30 heavy (non-hydrogen) atoms. The number of hydrogen-bond donors (Lipinski definition) is 0. The first-order chi connectivity index (χ1) is 14.5. The van der Waals surface area contributed by atoms with Crippen LogP contribution in [0.25, 0.3) is 0 Å². The number of Topliss-reactive ketones (excluding diaryl/α,β-unsaturated/α-hetero) is 1. The molecule has 5 nitrogen and oxygen atoms in total. The molecule has 0 atom stereocenters. The van der Waals surface area contributed by atoms with Gasteiger partial charge in [-0.3, -0.25) is 14.4 Å². The molecule has 0 aromatic carbocycles. The zero-order valence-electron chi connectivity index (χ0n) is 19.7. The van der Waals surface area contributed by atoms with Crippen molar-refractivity contribution in [3.05, 3.63) is 0 Å². The van der Waals surface area contributed by atoms with Gasteiger partial charge in [-0.1, -0.05) is 77.0 Å². The van der Waals surface area contributed by atoms with Crippen molar-refractivity contribution >= 4 is 17.7 Å². The summed E-state index contributed by atoms with van der Waals surface area (Å²) in [6, 6.07) is 0. The number of ether oxygens (including phenoxy) is 2. The maximum atomic E-state index is 11.9. The van der Waals surface area contributed by atoms with Gasteiger partial charge in [0.25, 0.3) is 0 Å². The van der Waals surface area contributed by atoms with E-state index in [0.29, 0.717) is 19.0 Å². The van der Waals surface area contributed by atoms with Crippen molar-refractivity contribution in [2.24, 2.45) is 0 Å². The Bertz CT molecular complexity index is 395. The molecule has 0 aliphatic rings. The summed E-state index contributed by atoms with van der Waals surface area (Å²) in [5, 5.41) is 0. The highest BCUT2D eigenvalue weighted by Gasteiger charge is 2.02. The molecule has 0 rings (SSSR count). The maximum absolute atomic E-state index is 11.9. The van der Waals surface area contributed by atoms with Crippen molar-refractivity contribution in [2.75, 3.05) is 13.2 Å². The summed E-state index contributed by atoms with van der Waals surface area (Å²) in [7, 11) is 0. The highest BCUT2D eigenvalue weighted by Crippen LogP contribution is 2.13. The Morgan fingerprint density at radius 3 is 1.00 bits per heavy atom. The van der Waals surface area contributed by atoms with Crippen LogP contribution in [0.4, 0.5) is 0 Å². The molecule has 0 radical (unpaired) electrons. The highest BCUT2D eigenvalue weighted by atomic mass is 16.5. The average molecular weight is 427 g/mol. The Balaban J connectivity index is 3.18. The topological polar surface area (TPSA) is 69.7 Å². The molecule has 5 heteroatoms. The molecule has 0 fully saturated rings. The lowest BCUT2D eigenvalue weighted by Crippen LogP contribution is -2.00. The van der Waals surface area contributed by atoms with Crippen molar-refractivity contribution in [2.45, 2.75) is 129 Å². The van der Waals surface area contributed by atoms with Crippen molar-refractivity contribution < 1.29 is 23.9 Å². The predicted octanol–water partition coefficient (Wildman–Crippen LogP) is 6.70. The van der Waals surface area contributed by atoms with Gasteiger partial charge in [0.15, 0.2) is 0 Å². The van der Waals surface area contributed by atoms with E-state index in [1.165, 1.54) is 65.2 Å². The number of carbonyl (C=O) groups excluding carboxylic acids is 3. The molecule has 0 heterocycles. The van der Waals surface area contributed by atoms with E-state index in [-0.39, 0.29) is 11.9 Å². The number of unbranched alkanes of at least 4 members (excludes halogenated alkanes) is 14. The number of hydrogen-bond acceptors (Lipinski definition) is 5. The number of esters is 2. The molecule has 0 aromatic heterocycles. The first kappa shape index (κ1) is 28.6. The quantitative estimate of drug-likeness (QED) is 0.142. The van der Waals surface area contributed by atoms with Gasteiger partial charge in [0.1, 0.15) is 5.78 Å². The van der Waals surface area contributed by atoms with Crippen LogP contribution in [0.15, 0.2) is 0 Å². The smallest absolute Gasteiger partial charge is 0.302 e. The summed E-state index contributed by atoms with van der Waals surface area (Å²) in [6.07, 6.45) is 19.9. The predicted molar refractivity (Wildman–Crippen MR) is 121 cm³/mol. The minimum absolute atomic E-state index is 0.189. The zero-order chi connectivity index (χ0) is 22.3. The SMILES string of the molecule is CC(=O)OCCCCCCCCCCC(=O)CCCCCCCCCCOC(C)=O. The molecule has 0 amide bonds. The molecule has 0 N–H and O–H groups in total. The summed E-state index contributed by atoms with van der Waals surface area (Å²) in [5.74, 6) is 0.0573. The average Bonchev–Trinajstić information content (AvgIpc) is 2.69. The normalized spacial score (nSPS) is 10.7. The van der Waals surface area contributed by atoms with Gasteiger partial charge >= 0.3 is 11.9 Å².